The van der Waals surface area contributed by atoms with Gasteiger partial charge in [-0.1, -0.05) is 23.9 Å². The molecule has 2 rings (SSSR count). The molecule has 1 atom stereocenters. The molecular formula is C13H13N3O4S. The van der Waals surface area contributed by atoms with E-state index in [1.165, 1.54) is 6.21 Å². The van der Waals surface area contributed by atoms with E-state index in [1.807, 2.05) is 18.2 Å². The van der Waals surface area contributed by atoms with Gasteiger partial charge in [0.2, 0.25) is 5.91 Å². The van der Waals surface area contributed by atoms with E-state index in [2.05, 4.69) is 15.5 Å². The van der Waals surface area contributed by atoms with Crippen molar-refractivity contribution >= 4 is 35.0 Å². The third-order valence-electron chi connectivity index (χ3n) is 2.59. The van der Waals surface area contributed by atoms with Crippen molar-refractivity contribution in [3.8, 4) is 5.75 Å². The summed E-state index contributed by atoms with van der Waals surface area (Å²) in [5, 5.41) is 18.5. The van der Waals surface area contributed by atoms with Gasteiger partial charge in [-0.3, -0.25) is 9.59 Å². The highest BCUT2D eigenvalue weighted by Gasteiger charge is 2.32. The Bertz CT molecular complexity index is 615. The summed E-state index contributed by atoms with van der Waals surface area (Å²) < 4.78 is 5.09. The number of aliphatic carboxylic acids is 1. The first-order valence-electron chi connectivity index (χ1n) is 6.03. The molecule has 0 bridgehead atoms. The molecule has 0 radical (unpaired) electrons. The number of amides is 1. The quantitative estimate of drug-likeness (QED) is 0.626. The Hall–Kier alpha value is -2.35. The first-order valence-corrected chi connectivity index (χ1v) is 6.91. The smallest absolute Gasteiger partial charge is 0.305 e. The number of carboxylic acid groups (broad SMARTS) is 1. The van der Waals surface area contributed by atoms with Crippen LogP contribution in [0.1, 0.15) is 12.0 Å². The van der Waals surface area contributed by atoms with E-state index < -0.39 is 11.2 Å². The summed E-state index contributed by atoms with van der Waals surface area (Å²) in [6, 6.07) is 7.26. The summed E-state index contributed by atoms with van der Waals surface area (Å²) >= 11 is 1.06. The van der Waals surface area contributed by atoms with Gasteiger partial charge in [0.25, 0.3) is 0 Å². The molecule has 21 heavy (non-hydrogen) atoms. The van der Waals surface area contributed by atoms with Crippen LogP contribution in [0.4, 0.5) is 0 Å². The van der Waals surface area contributed by atoms with Crippen LogP contribution in [0.25, 0.3) is 0 Å². The molecule has 1 aliphatic rings. The van der Waals surface area contributed by atoms with Crippen molar-refractivity contribution in [2.24, 2.45) is 10.2 Å². The molecule has 7 nitrogen and oxygen atoms in total. The van der Waals surface area contributed by atoms with Crippen LogP contribution >= 0.6 is 11.8 Å². The van der Waals surface area contributed by atoms with Crippen molar-refractivity contribution in [1.82, 2.24) is 5.32 Å². The molecule has 0 aromatic heterocycles. The number of hydrogen-bond acceptors (Lipinski definition) is 6. The summed E-state index contributed by atoms with van der Waals surface area (Å²) in [4.78, 5) is 22.1. The van der Waals surface area contributed by atoms with E-state index >= 15 is 0 Å². The van der Waals surface area contributed by atoms with Gasteiger partial charge in [0, 0.05) is 0 Å². The minimum Gasteiger partial charge on any atom is -0.497 e. The van der Waals surface area contributed by atoms with Gasteiger partial charge in [0.15, 0.2) is 5.17 Å². The lowest BCUT2D eigenvalue weighted by Gasteiger charge is -1.99. The van der Waals surface area contributed by atoms with E-state index in [0.717, 1.165) is 17.3 Å². The molecule has 1 aromatic rings. The van der Waals surface area contributed by atoms with Crippen LogP contribution in [0.2, 0.25) is 0 Å². The van der Waals surface area contributed by atoms with Crippen LogP contribution in [0.3, 0.4) is 0 Å². The molecule has 0 aliphatic carbocycles. The number of amidine groups is 1. The maximum absolute atomic E-state index is 11.5. The molecule has 1 aliphatic heterocycles. The van der Waals surface area contributed by atoms with Crippen LogP contribution < -0.4 is 10.1 Å². The fourth-order valence-corrected chi connectivity index (χ4v) is 2.53. The summed E-state index contributed by atoms with van der Waals surface area (Å²) in [7, 11) is 1.57. The largest absolute Gasteiger partial charge is 0.497 e. The zero-order valence-electron chi connectivity index (χ0n) is 11.1. The summed E-state index contributed by atoms with van der Waals surface area (Å²) in [6.07, 6.45) is 1.28. The van der Waals surface area contributed by atoms with Gasteiger partial charge in [-0.05, 0) is 17.7 Å². The highest BCUT2D eigenvalue weighted by atomic mass is 32.2. The number of nitrogens with one attached hydrogen (secondary N) is 1. The number of rotatable bonds is 5. The molecule has 1 saturated heterocycles. The lowest BCUT2D eigenvalue weighted by atomic mass is 10.2. The van der Waals surface area contributed by atoms with Crippen LogP contribution in [0.5, 0.6) is 5.75 Å². The lowest BCUT2D eigenvalue weighted by molar-refractivity contribution is -0.138. The topological polar surface area (TPSA) is 100 Å². The molecule has 2 N–H and O–H groups in total. The zero-order valence-corrected chi connectivity index (χ0v) is 12.0. The van der Waals surface area contributed by atoms with Gasteiger partial charge >= 0.3 is 5.97 Å². The number of carbonyl (C=O) groups excluding carboxylic acids is 1. The molecule has 110 valence electrons. The minimum absolute atomic E-state index is 0.241. The molecule has 1 fully saturated rings. The second-order valence-corrected chi connectivity index (χ2v) is 5.31. The summed E-state index contributed by atoms with van der Waals surface area (Å²) in [5.74, 6) is -0.682. The molecule has 0 unspecified atom stereocenters. The Morgan fingerprint density at radius 1 is 1.57 bits per heavy atom. The molecule has 0 spiro atoms. The molecule has 0 saturated carbocycles. The number of methoxy groups -OCH3 is 1. The fraction of sp³-hybridized carbons (Fsp3) is 0.231. The predicted molar refractivity (Wildman–Crippen MR) is 79.8 cm³/mol. The van der Waals surface area contributed by atoms with Gasteiger partial charge in [0.1, 0.15) is 11.0 Å². The standard InChI is InChI=1S/C13H13N3O4S/c1-20-9-4-2-3-8(5-9)7-14-16-13-15-12(19)10(21-13)6-11(17)18/h2-5,7,10H,6H2,1H3,(H,17,18)(H,15,16,19)/b14-7-/t10-/m1/s1. The number of hydrogen-bond donors (Lipinski definition) is 2. The highest BCUT2D eigenvalue weighted by Crippen LogP contribution is 2.22. The zero-order chi connectivity index (χ0) is 15.2. The SMILES string of the molecule is COc1cccc(/C=N\N=C2/NC(=O)[C@@H](CC(=O)O)S2)c1. The Morgan fingerprint density at radius 3 is 3.10 bits per heavy atom. The maximum Gasteiger partial charge on any atom is 0.305 e. The van der Waals surface area contributed by atoms with E-state index in [1.54, 1.807) is 13.2 Å². The van der Waals surface area contributed by atoms with Crippen molar-refractivity contribution in [1.29, 1.82) is 0 Å². The van der Waals surface area contributed by atoms with Gasteiger partial charge in [0.05, 0.1) is 19.7 Å². The Kier molecular flexibility index (Phi) is 4.94. The minimum atomic E-state index is -1.02. The normalized spacial score (nSPS) is 20.0. The van der Waals surface area contributed by atoms with Crippen molar-refractivity contribution in [2.75, 3.05) is 7.11 Å². The van der Waals surface area contributed by atoms with Gasteiger partial charge < -0.3 is 15.2 Å². The number of ether oxygens (including phenoxy) is 1. The lowest BCUT2D eigenvalue weighted by Crippen LogP contribution is -2.26. The van der Waals surface area contributed by atoms with Crippen LogP contribution in [-0.2, 0) is 9.59 Å². The third kappa shape index (κ3) is 4.32. The van der Waals surface area contributed by atoms with Crippen molar-refractivity contribution in [3.05, 3.63) is 29.8 Å². The van der Waals surface area contributed by atoms with Crippen molar-refractivity contribution in [2.45, 2.75) is 11.7 Å². The predicted octanol–water partition coefficient (Wildman–Crippen LogP) is 1.09. The number of carboxylic acids is 1. The van der Waals surface area contributed by atoms with E-state index in [9.17, 15) is 9.59 Å². The monoisotopic (exact) mass is 307 g/mol. The third-order valence-corrected chi connectivity index (χ3v) is 3.66. The van der Waals surface area contributed by atoms with Gasteiger partial charge in [-0.15, -0.1) is 5.10 Å². The number of nitrogens with zero attached hydrogens (tertiary/aromatic N) is 2. The highest BCUT2D eigenvalue weighted by molar-refractivity contribution is 8.15. The first-order chi connectivity index (χ1) is 10.1. The molecular weight excluding hydrogens is 294 g/mol. The fourth-order valence-electron chi connectivity index (χ4n) is 1.61. The van der Waals surface area contributed by atoms with E-state index in [-0.39, 0.29) is 12.3 Å². The maximum atomic E-state index is 11.5. The van der Waals surface area contributed by atoms with E-state index in [4.69, 9.17) is 9.84 Å². The van der Waals surface area contributed by atoms with Gasteiger partial charge in [-0.25, -0.2) is 0 Å². The second-order valence-electron chi connectivity index (χ2n) is 4.12. The first kappa shape index (κ1) is 15.0. The van der Waals surface area contributed by atoms with Crippen molar-refractivity contribution in [3.63, 3.8) is 0 Å². The molecule has 1 heterocycles. The van der Waals surface area contributed by atoms with E-state index in [0.29, 0.717) is 10.9 Å². The van der Waals surface area contributed by atoms with Crippen LogP contribution in [0, 0.1) is 0 Å². The molecule has 1 aromatic carbocycles. The summed E-state index contributed by atoms with van der Waals surface area (Å²) in [5.41, 5.74) is 0.801. The second kappa shape index (κ2) is 6.89. The average Bonchev–Trinajstić information content (AvgIpc) is 2.78. The van der Waals surface area contributed by atoms with Crippen LogP contribution in [0.15, 0.2) is 34.5 Å². The molecule has 8 heteroatoms. The summed E-state index contributed by atoms with van der Waals surface area (Å²) in [6.45, 7) is 0. The Balaban J connectivity index is 1.99. The number of benzene rings is 1. The average molecular weight is 307 g/mol. The van der Waals surface area contributed by atoms with Crippen LogP contribution in [-0.4, -0.2) is 40.7 Å². The number of carbonyl (C=O) groups is 2. The van der Waals surface area contributed by atoms with Gasteiger partial charge in [-0.2, -0.15) is 5.10 Å². The molecule has 1 amide bonds. The number of thioether (sulfide) groups is 1. The Morgan fingerprint density at radius 2 is 2.38 bits per heavy atom. The Labute approximate surface area is 125 Å². The van der Waals surface area contributed by atoms with Crippen molar-refractivity contribution < 1.29 is 19.4 Å².